The van der Waals surface area contributed by atoms with Crippen molar-refractivity contribution in [2.75, 3.05) is 18.9 Å². The molecule has 3 N–H and O–H groups in total. The molecule has 0 spiro atoms. The third kappa shape index (κ3) is 5.57. The Labute approximate surface area is 161 Å². The molecule has 0 saturated heterocycles. The minimum atomic E-state index is -0.896. The van der Waals surface area contributed by atoms with Crippen molar-refractivity contribution in [3.8, 4) is 5.75 Å². The van der Waals surface area contributed by atoms with E-state index in [2.05, 4.69) is 4.98 Å². The van der Waals surface area contributed by atoms with Crippen LogP contribution in [0.3, 0.4) is 0 Å². The van der Waals surface area contributed by atoms with E-state index in [1.165, 1.54) is 0 Å². The van der Waals surface area contributed by atoms with Gasteiger partial charge < -0.3 is 15.2 Å². The molecule has 0 unspecified atom stereocenters. The van der Waals surface area contributed by atoms with Crippen molar-refractivity contribution in [1.29, 1.82) is 0 Å². The first-order valence-electron chi connectivity index (χ1n) is 8.93. The van der Waals surface area contributed by atoms with E-state index < -0.39 is 29.6 Å². The van der Waals surface area contributed by atoms with Crippen LogP contribution in [-0.4, -0.2) is 34.5 Å². The number of nitrogens with zero attached hydrogens (tertiary/aromatic N) is 1. The van der Waals surface area contributed by atoms with Crippen LogP contribution in [0.1, 0.15) is 36.5 Å². The molecule has 0 fully saturated rings. The van der Waals surface area contributed by atoms with Gasteiger partial charge in [0.15, 0.2) is 6.61 Å². The standard InChI is InChI=1S/C19H23N3O6/c1-2-10-22-17(20)16(18(25)21-19(22)26)14(23)12-28-15(24)9-6-11-27-13-7-4-3-5-8-13/h3-5,7-8H,2,6,9-12,20H2,1H3,(H,21,25,26). The van der Waals surface area contributed by atoms with Crippen molar-refractivity contribution >= 4 is 17.6 Å². The van der Waals surface area contributed by atoms with Gasteiger partial charge in [0, 0.05) is 13.0 Å². The highest BCUT2D eigenvalue weighted by Crippen LogP contribution is 2.09. The molecule has 0 aliphatic carbocycles. The zero-order valence-corrected chi connectivity index (χ0v) is 15.6. The van der Waals surface area contributed by atoms with Gasteiger partial charge in [-0.1, -0.05) is 25.1 Å². The Morgan fingerprint density at radius 1 is 1.18 bits per heavy atom. The molecule has 0 atom stereocenters. The third-order valence-corrected chi connectivity index (χ3v) is 3.87. The number of esters is 1. The molecule has 0 bridgehead atoms. The van der Waals surface area contributed by atoms with Crippen LogP contribution in [-0.2, 0) is 16.1 Å². The van der Waals surface area contributed by atoms with Crippen LogP contribution in [0.25, 0.3) is 0 Å². The van der Waals surface area contributed by atoms with E-state index >= 15 is 0 Å². The molecular weight excluding hydrogens is 366 g/mol. The summed E-state index contributed by atoms with van der Waals surface area (Å²) in [5.74, 6) is -0.893. The third-order valence-electron chi connectivity index (χ3n) is 3.87. The van der Waals surface area contributed by atoms with E-state index in [0.717, 1.165) is 4.57 Å². The van der Waals surface area contributed by atoms with Gasteiger partial charge in [0.25, 0.3) is 5.56 Å². The Bertz CT molecular complexity index is 933. The summed E-state index contributed by atoms with van der Waals surface area (Å²) in [6.07, 6.45) is 1.05. The van der Waals surface area contributed by atoms with Crippen LogP contribution in [0, 0.1) is 0 Å². The molecule has 0 aliphatic heterocycles. The lowest BCUT2D eigenvalue weighted by Crippen LogP contribution is -2.37. The van der Waals surface area contributed by atoms with Crippen LogP contribution >= 0.6 is 0 Å². The molecule has 150 valence electrons. The number of carbonyl (C=O) groups excluding carboxylic acids is 2. The minimum absolute atomic E-state index is 0.0568. The van der Waals surface area contributed by atoms with Gasteiger partial charge in [-0.05, 0) is 25.0 Å². The number of nitrogen functional groups attached to an aromatic ring is 1. The maximum absolute atomic E-state index is 12.3. The van der Waals surface area contributed by atoms with E-state index in [0.29, 0.717) is 25.2 Å². The number of Topliss-reactive ketones (excluding diaryl/α,β-unsaturated/α-hetero) is 1. The zero-order chi connectivity index (χ0) is 20.5. The number of rotatable bonds is 10. The average Bonchev–Trinajstić information content (AvgIpc) is 2.67. The first-order chi connectivity index (χ1) is 13.4. The zero-order valence-electron chi connectivity index (χ0n) is 15.6. The number of hydrogen-bond acceptors (Lipinski definition) is 7. The number of carbonyl (C=O) groups is 2. The summed E-state index contributed by atoms with van der Waals surface area (Å²) < 4.78 is 11.5. The number of anilines is 1. The normalized spacial score (nSPS) is 10.5. The second-order valence-corrected chi connectivity index (χ2v) is 6.02. The lowest BCUT2D eigenvalue weighted by atomic mass is 10.2. The Hall–Kier alpha value is -3.36. The molecule has 1 aromatic carbocycles. The Morgan fingerprint density at radius 3 is 2.57 bits per heavy atom. The van der Waals surface area contributed by atoms with Gasteiger partial charge in [-0.25, -0.2) is 4.79 Å². The van der Waals surface area contributed by atoms with Crippen LogP contribution < -0.4 is 21.7 Å². The summed E-state index contributed by atoms with van der Waals surface area (Å²) in [5, 5.41) is 0. The van der Waals surface area contributed by atoms with E-state index in [-0.39, 0.29) is 24.3 Å². The number of ketones is 1. The Balaban J connectivity index is 1.86. The molecule has 9 nitrogen and oxygen atoms in total. The van der Waals surface area contributed by atoms with Crippen LogP contribution in [0.2, 0.25) is 0 Å². The molecular formula is C19H23N3O6. The number of para-hydroxylation sites is 1. The Morgan fingerprint density at radius 2 is 1.89 bits per heavy atom. The molecule has 28 heavy (non-hydrogen) atoms. The number of ether oxygens (including phenoxy) is 2. The predicted molar refractivity (Wildman–Crippen MR) is 102 cm³/mol. The summed E-state index contributed by atoms with van der Waals surface area (Å²) >= 11 is 0. The molecule has 0 radical (unpaired) electrons. The molecule has 0 saturated carbocycles. The van der Waals surface area contributed by atoms with Gasteiger partial charge in [0.2, 0.25) is 5.78 Å². The smallest absolute Gasteiger partial charge is 0.329 e. The molecule has 2 aromatic rings. The largest absolute Gasteiger partial charge is 0.494 e. The summed E-state index contributed by atoms with van der Waals surface area (Å²) in [7, 11) is 0. The van der Waals surface area contributed by atoms with Crippen molar-refractivity contribution in [3.05, 3.63) is 56.7 Å². The summed E-state index contributed by atoms with van der Waals surface area (Å²) in [5.41, 5.74) is 3.84. The molecule has 1 aromatic heterocycles. The van der Waals surface area contributed by atoms with E-state index in [4.69, 9.17) is 15.2 Å². The molecule has 0 aliphatic rings. The summed E-state index contributed by atoms with van der Waals surface area (Å²) in [6, 6.07) is 9.15. The summed E-state index contributed by atoms with van der Waals surface area (Å²) in [4.78, 5) is 49.8. The number of aromatic nitrogens is 2. The average molecular weight is 389 g/mol. The van der Waals surface area contributed by atoms with Gasteiger partial charge >= 0.3 is 11.7 Å². The fourth-order valence-corrected chi connectivity index (χ4v) is 2.52. The number of nitrogens with one attached hydrogen (secondary N) is 1. The van der Waals surface area contributed by atoms with Crippen molar-refractivity contribution < 1.29 is 19.1 Å². The Kier molecular flexibility index (Phi) is 7.55. The monoisotopic (exact) mass is 389 g/mol. The van der Waals surface area contributed by atoms with Gasteiger partial charge in [-0.15, -0.1) is 0 Å². The number of H-pyrrole nitrogens is 1. The first kappa shape index (κ1) is 20.9. The van der Waals surface area contributed by atoms with E-state index in [9.17, 15) is 19.2 Å². The fourth-order valence-electron chi connectivity index (χ4n) is 2.52. The second-order valence-electron chi connectivity index (χ2n) is 6.02. The number of aromatic amines is 1. The molecule has 0 amide bonds. The van der Waals surface area contributed by atoms with Crippen LogP contribution in [0.4, 0.5) is 5.82 Å². The van der Waals surface area contributed by atoms with Crippen molar-refractivity contribution in [3.63, 3.8) is 0 Å². The first-order valence-corrected chi connectivity index (χ1v) is 8.93. The van der Waals surface area contributed by atoms with Crippen LogP contribution in [0.15, 0.2) is 39.9 Å². The minimum Gasteiger partial charge on any atom is -0.494 e. The SMILES string of the molecule is CCCn1c(N)c(C(=O)COC(=O)CCCOc2ccccc2)c(=O)[nH]c1=O. The van der Waals surface area contributed by atoms with Gasteiger partial charge in [0.1, 0.15) is 17.1 Å². The molecule has 9 heteroatoms. The van der Waals surface area contributed by atoms with Crippen LogP contribution in [0.5, 0.6) is 5.75 Å². The highest BCUT2D eigenvalue weighted by Gasteiger charge is 2.20. The molecule has 2 rings (SSSR count). The van der Waals surface area contributed by atoms with Crippen molar-refractivity contribution in [2.24, 2.45) is 0 Å². The quantitative estimate of drug-likeness (QED) is 0.353. The second kappa shape index (κ2) is 10.1. The number of benzene rings is 1. The number of nitrogens with two attached hydrogens (primary N) is 1. The fraction of sp³-hybridized carbons (Fsp3) is 0.368. The van der Waals surface area contributed by atoms with Crippen molar-refractivity contribution in [2.45, 2.75) is 32.7 Å². The van der Waals surface area contributed by atoms with Gasteiger partial charge in [0.05, 0.1) is 6.61 Å². The topological polar surface area (TPSA) is 133 Å². The van der Waals surface area contributed by atoms with Gasteiger partial charge in [-0.2, -0.15) is 0 Å². The summed E-state index contributed by atoms with van der Waals surface area (Å²) in [6.45, 7) is 1.77. The molecule has 1 heterocycles. The highest BCUT2D eigenvalue weighted by molar-refractivity contribution is 6.01. The van der Waals surface area contributed by atoms with Crippen molar-refractivity contribution in [1.82, 2.24) is 9.55 Å². The van der Waals surface area contributed by atoms with Gasteiger partial charge in [-0.3, -0.25) is 23.9 Å². The maximum Gasteiger partial charge on any atom is 0.329 e. The predicted octanol–water partition coefficient (Wildman–Crippen LogP) is 1.11. The number of hydrogen-bond donors (Lipinski definition) is 2. The van der Waals surface area contributed by atoms with E-state index in [1.807, 2.05) is 25.1 Å². The lowest BCUT2D eigenvalue weighted by Gasteiger charge is -2.11. The maximum atomic E-state index is 12.3. The van der Waals surface area contributed by atoms with E-state index in [1.54, 1.807) is 12.1 Å². The highest BCUT2D eigenvalue weighted by atomic mass is 16.5. The lowest BCUT2D eigenvalue weighted by molar-refractivity contribution is -0.142.